The van der Waals surface area contributed by atoms with Gasteiger partial charge in [-0.3, -0.25) is 23.9 Å². The van der Waals surface area contributed by atoms with Crippen LogP contribution in [0.1, 0.15) is 61.5 Å². The summed E-state index contributed by atoms with van der Waals surface area (Å²) < 4.78 is 7.95. The van der Waals surface area contributed by atoms with E-state index in [0.29, 0.717) is 51.7 Å². The number of rotatable bonds is 5. The lowest BCUT2D eigenvalue weighted by atomic mass is 10.0. The molecule has 1 saturated carbocycles. The fourth-order valence-corrected chi connectivity index (χ4v) is 7.57. The third-order valence-corrected chi connectivity index (χ3v) is 9.88. The fraction of sp³-hybridized carbons (Fsp3) is 0.516. The number of piperazine rings is 1. The topological polar surface area (TPSA) is 113 Å². The van der Waals surface area contributed by atoms with Gasteiger partial charge in [0.2, 0.25) is 11.9 Å². The summed E-state index contributed by atoms with van der Waals surface area (Å²) in [7, 11) is 0. The molecule has 1 aromatic carbocycles. The highest BCUT2D eigenvalue weighted by Crippen LogP contribution is 2.44. The van der Waals surface area contributed by atoms with Crippen molar-refractivity contribution in [3.63, 3.8) is 0 Å². The van der Waals surface area contributed by atoms with Crippen molar-refractivity contribution in [2.75, 3.05) is 49.5 Å². The van der Waals surface area contributed by atoms with Gasteiger partial charge in [-0.05, 0) is 38.3 Å². The average Bonchev–Trinajstić information content (AvgIpc) is 3.46. The van der Waals surface area contributed by atoms with Crippen molar-refractivity contribution in [2.24, 2.45) is 0 Å². The molecule has 4 aliphatic rings. The van der Waals surface area contributed by atoms with Gasteiger partial charge >= 0.3 is 0 Å². The van der Waals surface area contributed by atoms with Gasteiger partial charge < -0.3 is 19.9 Å². The van der Waals surface area contributed by atoms with Crippen LogP contribution in [0.5, 0.6) is 5.75 Å². The van der Waals surface area contributed by atoms with Crippen molar-refractivity contribution in [3.8, 4) is 5.75 Å². The molecule has 1 amide bonds. The molecule has 226 valence electrons. The van der Waals surface area contributed by atoms with E-state index >= 15 is 0 Å². The first kappa shape index (κ1) is 28.1. The number of hydrogen-bond donors (Lipinski definition) is 1. The van der Waals surface area contributed by atoms with Crippen molar-refractivity contribution in [1.82, 2.24) is 24.3 Å². The first-order valence-electron chi connectivity index (χ1n) is 15.1. The largest absolute Gasteiger partial charge is 0.489 e. The number of aryl methyl sites for hydroxylation is 1. The van der Waals surface area contributed by atoms with Crippen LogP contribution in [-0.2, 0) is 4.79 Å². The molecule has 0 bridgehead atoms. The normalized spacial score (nSPS) is 20.9. The average molecular weight is 606 g/mol. The Kier molecular flexibility index (Phi) is 7.04. The number of hydrogen-bond acceptors (Lipinski definition) is 9. The maximum absolute atomic E-state index is 13.5. The number of ether oxygens (including phenoxy) is 1. The Labute approximate surface area is 254 Å². The number of halogens is 1. The van der Waals surface area contributed by atoms with Crippen molar-refractivity contribution in [3.05, 3.63) is 44.8 Å². The first-order valence-corrected chi connectivity index (χ1v) is 15.5. The lowest BCUT2D eigenvalue weighted by molar-refractivity contribution is -0.136. The third-order valence-electron chi connectivity index (χ3n) is 9.59. The monoisotopic (exact) mass is 605 g/mol. The molecule has 0 radical (unpaired) electrons. The highest BCUT2D eigenvalue weighted by atomic mass is 35.5. The predicted molar refractivity (Wildman–Crippen MR) is 165 cm³/mol. The molecule has 12 heteroatoms. The van der Waals surface area contributed by atoms with Gasteiger partial charge in [0.1, 0.15) is 18.0 Å². The van der Waals surface area contributed by atoms with E-state index in [9.17, 15) is 14.4 Å². The molecule has 3 aliphatic heterocycles. The minimum absolute atomic E-state index is 0.00816. The Morgan fingerprint density at radius 3 is 2.53 bits per heavy atom. The molecule has 2 aromatic heterocycles. The van der Waals surface area contributed by atoms with Gasteiger partial charge in [-0.25, -0.2) is 4.98 Å². The lowest BCUT2D eigenvalue weighted by Crippen LogP contribution is -2.67. The van der Waals surface area contributed by atoms with Gasteiger partial charge in [-0.15, -0.1) is 0 Å². The van der Waals surface area contributed by atoms with Crippen LogP contribution in [0.15, 0.2) is 23.1 Å². The van der Waals surface area contributed by atoms with E-state index in [1.54, 1.807) is 24.6 Å². The minimum Gasteiger partial charge on any atom is -0.489 e. The standard InChI is InChI=1S/C31H36ClN7O4/c1-17-24-12-33-31(35-29(24)39(21-6-4-5-7-21)30(42)27(17)18(2)40)34-20-10-25(32)28-26(11-20)43-16-23-15-36(8-9-38(23)28)22-13-37(14-22)19(3)41/h10-12,21-23H,4-9,13-16H2,1-3H3,(H,33,34,35)/t23-/m1/s1. The number of carbonyl (C=O) groups is 2. The molecule has 1 N–H and O–H groups in total. The third kappa shape index (κ3) is 4.82. The molecule has 7 rings (SSSR count). The molecule has 3 fully saturated rings. The van der Waals surface area contributed by atoms with Crippen molar-refractivity contribution >= 4 is 51.6 Å². The number of fused-ring (bicyclic) bond motifs is 4. The number of carbonyl (C=O) groups excluding carboxylic acids is 2. The van der Waals surface area contributed by atoms with Crippen LogP contribution in [0.25, 0.3) is 11.0 Å². The van der Waals surface area contributed by atoms with Gasteiger partial charge in [0.05, 0.1) is 22.3 Å². The van der Waals surface area contributed by atoms with Crippen LogP contribution in [0.2, 0.25) is 5.02 Å². The number of likely N-dealkylation sites (tertiary alicyclic amines) is 1. The van der Waals surface area contributed by atoms with Gasteiger partial charge in [0.15, 0.2) is 5.78 Å². The number of benzene rings is 1. The SMILES string of the molecule is CC(=O)c1c(C)c2cnc(Nc3cc(Cl)c4c(c3)OC[C@H]3CN(C5CN(C(C)=O)C5)CCN43)nc2n(C2CCCC2)c1=O. The molecular weight excluding hydrogens is 570 g/mol. The van der Waals surface area contributed by atoms with E-state index in [-0.39, 0.29) is 34.9 Å². The summed E-state index contributed by atoms with van der Waals surface area (Å²) in [5.41, 5.74) is 2.67. The van der Waals surface area contributed by atoms with E-state index in [2.05, 4.69) is 20.1 Å². The fourth-order valence-electron chi connectivity index (χ4n) is 7.25. The number of nitrogens with zero attached hydrogens (tertiary/aromatic N) is 6. The summed E-state index contributed by atoms with van der Waals surface area (Å²) in [4.78, 5) is 53.6. The molecule has 1 atom stereocenters. The van der Waals surface area contributed by atoms with E-state index < -0.39 is 0 Å². The molecule has 0 spiro atoms. The van der Waals surface area contributed by atoms with Crippen LogP contribution >= 0.6 is 11.6 Å². The summed E-state index contributed by atoms with van der Waals surface area (Å²) >= 11 is 6.88. The second-order valence-electron chi connectivity index (χ2n) is 12.3. The highest BCUT2D eigenvalue weighted by molar-refractivity contribution is 6.34. The van der Waals surface area contributed by atoms with Gasteiger partial charge in [0, 0.05) is 75.1 Å². The summed E-state index contributed by atoms with van der Waals surface area (Å²) in [5.74, 6) is 0.938. The molecule has 2 saturated heterocycles. The number of aromatic nitrogens is 3. The number of anilines is 3. The second kappa shape index (κ2) is 10.8. The van der Waals surface area contributed by atoms with Crippen LogP contribution in [0.3, 0.4) is 0 Å². The Hall–Kier alpha value is -3.70. The molecule has 43 heavy (non-hydrogen) atoms. The molecule has 3 aromatic rings. The Morgan fingerprint density at radius 1 is 1.05 bits per heavy atom. The molecule has 11 nitrogen and oxygen atoms in total. The number of Topliss-reactive ketones (excluding diaryl/α,β-unsaturated/α-hetero) is 1. The lowest BCUT2D eigenvalue weighted by Gasteiger charge is -2.52. The first-order chi connectivity index (χ1) is 20.7. The Balaban J connectivity index is 1.15. The van der Waals surface area contributed by atoms with Crippen molar-refractivity contribution in [1.29, 1.82) is 0 Å². The predicted octanol–water partition coefficient (Wildman–Crippen LogP) is 3.93. The number of nitrogens with one attached hydrogen (secondary N) is 1. The van der Waals surface area contributed by atoms with E-state index in [1.807, 2.05) is 17.0 Å². The maximum atomic E-state index is 13.5. The smallest absolute Gasteiger partial charge is 0.263 e. The van der Waals surface area contributed by atoms with Gasteiger partial charge in [-0.2, -0.15) is 4.98 Å². The van der Waals surface area contributed by atoms with Crippen LogP contribution < -0.4 is 20.5 Å². The van der Waals surface area contributed by atoms with Crippen LogP contribution in [0.4, 0.5) is 17.3 Å². The maximum Gasteiger partial charge on any atom is 0.263 e. The van der Waals surface area contributed by atoms with Crippen molar-refractivity contribution in [2.45, 2.75) is 64.6 Å². The van der Waals surface area contributed by atoms with Crippen molar-refractivity contribution < 1.29 is 14.3 Å². The highest BCUT2D eigenvalue weighted by Gasteiger charge is 2.40. The summed E-state index contributed by atoms with van der Waals surface area (Å²) in [6, 6.07) is 4.37. The minimum atomic E-state index is -0.276. The van der Waals surface area contributed by atoms with Gasteiger partial charge in [0.25, 0.3) is 5.56 Å². The van der Waals surface area contributed by atoms with E-state index in [4.69, 9.17) is 21.3 Å². The summed E-state index contributed by atoms with van der Waals surface area (Å²) in [6.07, 6.45) is 5.54. The Bertz CT molecular complexity index is 1700. The van der Waals surface area contributed by atoms with Crippen LogP contribution in [-0.4, -0.2) is 87.4 Å². The summed E-state index contributed by atoms with van der Waals surface area (Å²) in [6.45, 7) is 9.58. The van der Waals surface area contributed by atoms with E-state index in [1.165, 1.54) is 6.92 Å². The van der Waals surface area contributed by atoms with Gasteiger partial charge in [-0.1, -0.05) is 24.4 Å². The molecule has 5 heterocycles. The van der Waals surface area contributed by atoms with E-state index in [0.717, 1.165) is 64.1 Å². The zero-order valence-corrected chi connectivity index (χ0v) is 25.5. The van der Waals surface area contributed by atoms with Crippen LogP contribution in [0, 0.1) is 6.92 Å². The molecule has 1 aliphatic carbocycles. The quantitative estimate of drug-likeness (QED) is 0.432. The second-order valence-corrected chi connectivity index (χ2v) is 12.7. The number of amides is 1. The summed E-state index contributed by atoms with van der Waals surface area (Å²) in [5, 5.41) is 4.56. The Morgan fingerprint density at radius 2 is 1.81 bits per heavy atom. The number of ketones is 1. The zero-order chi connectivity index (χ0) is 30.0. The number of pyridine rings is 1. The molecular formula is C31H36ClN7O4. The molecule has 0 unspecified atom stereocenters. The zero-order valence-electron chi connectivity index (χ0n) is 24.7.